The summed E-state index contributed by atoms with van der Waals surface area (Å²) in [6.45, 7) is 0. The van der Waals surface area contributed by atoms with E-state index in [1.807, 2.05) is 30.3 Å². The van der Waals surface area contributed by atoms with Crippen LogP contribution in [0.1, 0.15) is 28.4 Å². The summed E-state index contributed by atoms with van der Waals surface area (Å²) in [5.41, 5.74) is 7.20. The molecular formula is C17H15ClN2O. The van der Waals surface area contributed by atoms with Gasteiger partial charge in [0.1, 0.15) is 0 Å². The number of hydrazine groups is 1. The molecule has 2 aromatic carbocycles. The molecule has 0 saturated carbocycles. The summed E-state index contributed by atoms with van der Waals surface area (Å²) >= 11 is 5.87. The summed E-state index contributed by atoms with van der Waals surface area (Å²) in [5.74, 6) is 2.40. The molecule has 0 heterocycles. The van der Waals surface area contributed by atoms with Crippen molar-refractivity contribution in [2.75, 3.05) is 0 Å². The summed E-state index contributed by atoms with van der Waals surface area (Å²) in [6, 6.07) is 16.2. The van der Waals surface area contributed by atoms with Crippen molar-refractivity contribution in [1.29, 1.82) is 0 Å². The molecule has 1 unspecified atom stereocenters. The molecule has 0 aliphatic rings. The third-order valence-corrected chi connectivity index (χ3v) is 3.24. The third kappa shape index (κ3) is 4.35. The lowest BCUT2D eigenvalue weighted by atomic mass is 10.1. The van der Waals surface area contributed by atoms with Crippen LogP contribution in [0.5, 0.6) is 0 Å². The Morgan fingerprint density at radius 2 is 1.81 bits per heavy atom. The normalized spacial score (nSPS) is 11.4. The summed E-state index contributed by atoms with van der Waals surface area (Å²) in [5, 5.41) is 0.659. The molecule has 0 saturated heterocycles. The fourth-order valence-electron chi connectivity index (χ4n) is 1.88. The minimum atomic E-state index is -0.202. The Morgan fingerprint density at radius 1 is 1.14 bits per heavy atom. The second-order valence-corrected chi connectivity index (χ2v) is 4.91. The molecule has 0 bridgehead atoms. The molecule has 0 aliphatic carbocycles. The van der Waals surface area contributed by atoms with Crippen LogP contribution in [-0.4, -0.2) is 5.91 Å². The van der Waals surface area contributed by atoms with Crippen molar-refractivity contribution in [3.05, 3.63) is 70.7 Å². The number of terminal acetylenes is 1. The summed E-state index contributed by atoms with van der Waals surface area (Å²) in [6.07, 6.45) is 5.84. The summed E-state index contributed by atoms with van der Waals surface area (Å²) in [7, 11) is 0. The summed E-state index contributed by atoms with van der Waals surface area (Å²) in [4.78, 5) is 12.0. The van der Waals surface area contributed by atoms with Crippen LogP contribution in [-0.2, 0) is 0 Å². The van der Waals surface area contributed by atoms with E-state index in [1.165, 1.54) is 0 Å². The van der Waals surface area contributed by atoms with E-state index in [1.54, 1.807) is 24.3 Å². The average molecular weight is 299 g/mol. The molecule has 21 heavy (non-hydrogen) atoms. The Hall–Kier alpha value is -2.28. The van der Waals surface area contributed by atoms with Gasteiger partial charge in [0.25, 0.3) is 5.91 Å². The lowest BCUT2D eigenvalue weighted by Crippen LogP contribution is -2.39. The van der Waals surface area contributed by atoms with E-state index in [2.05, 4.69) is 16.8 Å². The van der Waals surface area contributed by atoms with Gasteiger partial charge in [0.2, 0.25) is 0 Å². The molecule has 0 aliphatic heterocycles. The molecule has 1 atom stereocenters. The van der Waals surface area contributed by atoms with Crippen LogP contribution >= 0.6 is 11.6 Å². The molecule has 2 rings (SSSR count). The third-order valence-electron chi connectivity index (χ3n) is 2.99. The smallest absolute Gasteiger partial charge is 0.265 e. The minimum Gasteiger partial charge on any atom is -0.287 e. The van der Waals surface area contributed by atoms with Crippen LogP contribution in [0.3, 0.4) is 0 Å². The summed E-state index contributed by atoms with van der Waals surface area (Å²) < 4.78 is 0. The van der Waals surface area contributed by atoms with Crippen molar-refractivity contribution in [3.8, 4) is 12.3 Å². The van der Waals surface area contributed by atoms with Crippen molar-refractivity contribution < 1.29 is 4.79 Å². The van der Waals surface area contributed by atoms with E-state index in [0.717, 1.165) is 5.56 Å². The highest BCUT2D eigenvalue weighted by molar-refractivity contribution is 6.30. The van der Waals surface area contributed by atoms with Gasteiger partial charge in [-0.15, -0.1) is 12.3 Å². The zero-order chi connectivity index (χ0) is 15.1. The first-order valence-corrected chi connectivity index (χ1v) is 6.88. The maximum absolute atomic E-state index is 12.0. The number of carbonyl (C=O) groups excluding carboxylic acids is 1. The van der Waals surface area contributed by atoms with E-state index < -0.39 is 0 Å². The van der Waals surface area contributed by atoms with Crippen LogP contribution in [0.25, 0.3) is 0 Å². The van der Waals surface area contributed by atoms with Crippen molar-refractivity contribution in [2.45, 2.75) is 12.5 Å². The topological polar surface area (TPSA) is 41.1 Å². The lowest BCUT2D eigenvalue weighted by Gasteiger charge is -2.17. The van der Waals surface area contributed by atoms with Gasteiger partial charge in [-0.05, 0) is 29.8 Å². The zero-order valence-electron chi connectivity index (χ0n) is 11.3. The highest BCUT2D eigenvalue weighted by Crippen LogP contribution is 2.18. The van der Waals surface area contributed by atoms with Crippen molar-refractivity contribution in [3.63, 3.8) is 0 Å². The fourth-order valence-corrected chi connectivity index (χ4v) is 2.01. The number of benzene rings is 2. The molecule has 2 aromatic rings. The average Bonchev–Trinajstić information content (AvgIpc) is 2.53. The molecule has 2 N–H and O–H groups in total. The molecule has 0 spiro atoms. The highest BCUT2D eigenvalue weighted by atomic mass is 35.5. The van der Waals surface area contributed by atoms with E-state index in [4.69, 9.17) is 18.0 Å². The Balaban J connectivity index is 2.02. The Morgan fingerprint density at radius 3 is 2.43 bits per heavy atom. The van der Waals surface area contributed by atoms with E-state index in [9.17, 15) is 4.79 Å². The van der Waals surface area contributed by atoms with Gasteiger partial charge in [-0.1, -0.05) is 41.9 Å². The van der Waals surface area contributed by atoms with Gasteiger partial charge in [-0.2, -0.15) is 0 Å². The SMILES string of the molecule is C#CCC(NNC(=O)c1ccccc1)c1ccc(Cl)cc1. The molecular weight excluding hydrogens is 284 g/mol. The Labute approximate surface area is 129 Å². The predicted molar refractivity (Wildman–Crippen MR) is 84.7 cm³/mol. The van der Waals surface area contributed by atoms with E-state index in [-0.39, 0.29) is 11.9 Å². The number of hydrogen-bond acceptors (Lipinski definition) is 2. The number of hydrogen-bond donors (Lipinski definition) is 2. The molecule has 3 nitrogen and oxygen atoms in total. The monoisotopic (exact) mass is 298 g/mol. The maximum atomic E-state index is 12.0. The molecule has 0 fully saturated rings. The molecule has 0 radical (unpaired) electrons. The predicted octanol–water partition coefficient (Wildman–Crippen LogP) is 3.34. The molecule has 1 amide bonds. The van der Waals surface area contributed by atoms with Crippen molar-refractivity contribution in [1.82, 2.24) is 10.9 Å². The maximum Gasteiger partial charge on any atom is 0.265 e. The largest absolute Gasteiger partial charge is 0.287 e. The van der Waals surface area contributed by atoms with Crippen LogP contribution in [0, 0.1) is 12.3 Å². The van der Waals surface area contributed by atoms with Gasteiger partial charge < -0.3 is 0 Å². The minimum absolute atomic E-state index is 0.167. The molecule has 4 heteroatoms. The van der Waals surface area contributed by atoms with Crippen LogP contribution in [0.2, 0.25) is 5.02 Å². The van der Waals surface area contributed by atoms with Gasteiger partial charge in [0.05, 0.1) is 6.04 Å². The fraction of sp³-hybridized carbons (Fsp3) is 0.118. The van der Waals surface area contributed by atoms with E-state index >= 15 is 0 Å². The van der Waals surface area contributed by atoms with Gasteiger partial charge in [0, 0.05) is 17.0 Å². The lowest BCUT2D eigenvalue weighted by molar-refractivity contribution is 0.0925. The number of halogens is 1. The number of carbonyl (C=O) groups is 1. The second-order valence-electron chi connectivity index (χ2n) is 4.48. The zero-order valence-corrected chi connectivity index (χ0v) is 12.1. The number of nitrogens with one attached hydrogen (secondary N) is 2. The Bertz CT molecular complexity index is 632. The first-order chi connectivity index (χ1) is 10.2. The first kappa shape index (κ1) is 15.1. The molecule has 106 valence electrons. The van der Waals surface area contributed by atoms with Gasteiger partial charge in [0.15, 0.2) is 0 Å². The number of amides is 1. The van der Waals surface area contributed by atoms with Gasteiger partial charge in [-0.3, -0.25) is 10.2 Å². The van der Waals surface area contributed by atoms with Crippen LogP contribution < -0.4 is 10.9 Å². The molecule has 0 aromatic heterocycles. The first-order valence-electron chi connectivity index (χ1n) is 6.50. The second kappa shape index (κ2) is 7.49. The highest BCUT2D eigenvalue weighted by Gasteiger charge is 2.12. The van der Waals surface area contributed by atoms with Crippen LogP contribution in [0.4, 0.5) is 0 Å². The van der Waals surface area contributed by atoms with Crippen molar-refractivity contribution in [2.24, 2.45) is 0 Å². The standard InChI is InChI=1S/C17H15ClN2O/c1-2-6-16(13-9-11-15(18)12-10-13)19-20-17(21)14-7-4-3-5-8-14/h1,3-5,7-12,16,19H,6H2,(H,20,21). The van der Waals surface area contributed by atoms with Crippen LogP contribution in [0.15, 0.2) is 54.6 Å². The Kier molecular flexibility index (Phi) is 5.39. The number of rotatable bonds is 5. The quantitative estimate of drug-likeness (QED) is 0.656. The van der Waals surface area contributed by atoms with Crippen molar-refractivity contribution >= 4 is 17.5 Å². The van der Waals surface area contributed by atoms with Gasteiger partial charge >= 0.3 is 0 Å². The van der Waals surface area contributed by atoms with Gasteiger partial charge in [-0.25, -0.2) is 5.43 Å². The van der Waals surface area contributed by atoms with E-state index in [0.29, 0.717) is 17.0 Å².